The lowest BCUT2D eigenvalue weighted by atomic mass is 10.2. The van der Waals surface area contributed by atoms with Gasteiger partial charge in [-0.25, -0.2) is 14.3 Å². The highest BCUT2D eigenvalue weighted by Gasteiger charge is 2.13. The summed E-state index contributed by atoms with van der Waals surface area (Å²) in [5, 5.41) is 9.43. The van der Waals surface area contributed by atoms with Gasteiger partial charge in [0.05, 0.1) is 12.2 Å². The Kier molecular flexibility index (Phi) is 8.37. The van der Waals surface area contributed by atoms with Crippen LogP contribution in [-0.4, -0.2) is 34.3 Å². The topological polar surface area (TPSA) is 102 Å². The van der Waals surface area contributed by atoms with Gasteiger partial charge in [0, 0.05) is 18.2 Å². The maximum atomic E-state index is 12.0. The van der Waals surface area contributed by atoms with Crippen LogP contribution in [0.1, 0.15) is 22.4 Å². The van der Waals surface area contributed by atoms with E-state index in [0.29, 0.717) is 23.0 Å². The fourth-order valence-corrected chi connectivity index (χ4v) is 3.24. The summed E-state index contributed by atoms with van der Waals surface area (Å²) < 4.78 is 6.52. The highest BCUT2D eigenvalue weighted by molar-refractivity contribution is 6.31. The van der Waals surface area contributed by atoms with Gasteiger partial charge in [-0.15, -0.1) is 0 Å². The first-order valence-corrected chi connectivity index (χ1v) is 10.5. The predicted molar refractivity (Wildman–Crippen MR) is 124 cm³/mol. The fraction of sp³-hybridized carbons (Fsp3) is 0.167. The Bertz CT molecular complexity index is 1140. The van der Waals surface area contributed by atoms with Gasteiger partial charge in [-0.2, -0.15) is 5.10 Å². The SMILES string of the molecule is Cc1nn(Cc2ccccc2)c(Cl)c1/C=C/C(=O)OCC(=O)NC(=O)NCc1ccccc1. The molecule has 3 amide bonds. The van der Waals surface area contributed by atoms with E-state index >= 15 is 0 Å². The molecule has 8 nitrogen and oxygen atoms in total. The van der Waals surface area contributed by atoms with Crippen LogP contribution in [0.4, 0.5) is 4.79 Å². The number of aromatic nitrogens is 2. The summed E-state index contributed by atoms with van der Waals surface area (Å²) in [7, 11) is 0. The van der Waals surface area contributed by atoms with Gasteiger partial charge in [0.1, 0.15) is 5.15 Å². The molecular weight excluding hydrogens is 444 g/mol. The van der Waals surface area contributed by atoms with Crippen LogP contribution in [0.25, 0.3) is 6.08 Å². The van der Waals surface area contributed by atoms with Crippen LogP contribution in [0, 0.1) is 6.92 Å². The molecule has 0 atom stereocenters. The van der Waals surface area contributed by atoms with E-state index in [1.165, 1.54) is 6.08 Å². The molecule has 0 radical (unpaired) electrons. The van der Waals surface area contributed by atoms with Crippen molar-refractivity contribution in [2.45, 2.75) is 20.0 Å². The Morgan fingerprint density at radius 1 is 1.03 bits per heavy atom. The average molecular weight is 467 g/mol. The zero-order chi connectivity index (χ0) is 23.6. The van der Waals surface area contributed by atoms with E-state index in [1.807, 2.05) is 60.7 Å². The third-order valence-corrected chi connectivity index (χ3v) is 4.96. The number of carbonyl (C=O) groups is 3. The van der Waals surface area contributed by atoms with E-state index < -0.39 is 24.5 Å². The number of urea groups is 1. The van der Waals surface area contributed by atoms with E-state index in [9.17, 15) is 14.4 Å². The molecule has 1 aromatic heterocycles. The third-order valence-electron chi connectivity index (χ3n) is 4.56. The fourth-order valence-electron chi connectivity index (χ4n) is 2.94. The highest BCUT2D eigenvalue weighted by Crippen LogP contribution is 2.22. The van der Waals surface area contributed by atoms with Gasteiger partial charge in [-0.05, 0) is 24.1 Å². The number of ether oxygens (including phenoxy) is 1. The number of halogens is 1. The number of imide groups is 1. The van der Waals surface area contributed by atoms with Crippen LogP contribution in [-0.2, 0) is 27.4 Å². The van der Waals surface area contributed by atoms with Crippen molar-refractivity contribution in [3.63, 3.8) is 0 Å². The molecule has 0 spiro atoms. The van der Waals surface area contributed by atoms with E-state index in [4.69, 9.17) is 16.3 Å². The number of nitrogens with one attached hydrogen (secondary N) is 2. The molecule has 0 aliphatic heterocycles. The average Bonchev–Trinajstić information content (AvgIpc) is 3.08. The van der Waals surface area contributed by atoms with Gasteiger partial charge in [0.2, 0.25) is 0 Å². The van der Waals surface area contributed by atoms with E-state index in [1.54, 1.807) is 11.6 Å². The Morgan fingerprint density at radius 3 is 2.33 bits per heavy atom. The lowest BCUT2D eigenvalue weighted by Crippen LogP contribution is -2.41. The number of hydrogen-bond donors (Lipinski definition) is 2. The Labute approximate surface area is 196 Å². The van der Waals surface area contributed by atoms with Gasteiger partial charge in [-0.1, -0.05) is 72.3 Å². The molecular formula is C24H23ClN4O4. The summed E-state index contributed by atoms with van der Waals surface area (Å²) in [4.78, 5) is 35.6. The minimum atomic E-state index is -0.749. The van der Waals surface area contributed by atoms with Crippen molar-refractivity contribution < 1.29 is 19.1 Å². The van der Waals surface area contributed by atoms with Crippen molar-refractivity contribution in [3.8, 4) is 0 Å². The molecule has 3 rings (SSSR count). The third kappa shape index (κ3) is 7.33. The Balaban J connectivity index is 1.46. The Morgan fingerprint density at radius 2 is 1.67 bits per heavy atom. The molecule has 0 saturated heterocycles. The number of rotatable bonds is 8. The van der Waals surface area contributed by atoms with Crippen LogP contribution >= 0.6 is 11.6 Å². The highest BCUT2D eigenvalue weighted by atomic mass is 35.5. The number of esters is 1. The summed E-state index contributed by atoms with van der Waals surface area (Å²) in [6, 6.07) is 18.3. The van der Waals surface area contributed by atoms with E-state index in [2.05, 4.69) is 15.7 Å². The first-order valence-electron chi connectivity index (χ1n) is 10.2. The molecule has 0 bridgehead atoms. The van der Waals surface area contributed by atoms with E-state index in [0.717, 1.165) is 17.2 Å². The lowest BCUT2D eigenvalue weighted by molar-refractivity contribution is -0.143. The second kappa shape index (κ2) is 11.6. The monoisotopic (exact) mass is 466 g/mol. The molecule has 2 N–H and O–H groups in total. The van der Waals surface area contributed by atoms with Crippen molar-refractivity contribution >= 4 is 35.6 Å². The van der Waals surface area contributed by atoms with Crippen LogP contribution in [0.15, 0.2) is 66.7 Å². The largest absolute Gasteiger partial charge is 0.452 e. The maximum absolute atomic E-state index is 12.0. The van der Waals surface area contributed by atoms with Gasteiger partial charge in [-0.3, -0.25) is 10.1 Å². The van der Waals surface area contributed by atoms with Crippen LogP contribution in [0.2, 0.25) is 5.15 Å². The summed E-state index contributed by atoms with van der Waals surface area (Å²) >= 11 is 6.41. The van der Waals surface area contributed by atoms with Crippen molar-refractivity contribution in [2.24, 2.45) is 0 Å². The summed E-state index contributed by atoms with van der Waals surface area (Å²) in [5.41, 5.74) is 3.15. The number of benzene rings is 2. The van der Waals surface area contributed by atoms with Gasteiger partial charge >= 0.3 is 12.0 Å². The summed E-state index contributed by atoms with van der Waals surface area (Å²) in [6.45, 7) is 1.94. The van der Waals surface area contributed by atoms with Crippen molar-refractivity contribution in [1.29, 1.82) is 0 Å². The number of nitrogens with zero attached hydrogens (tertiary/aromatic N) is 2. The second-order valence-corrected chi connectivity index (χ2v) is 7.45. The number of amides is 3. The standard InChI is InChI=1S/C24H23ClN4O4/c1-17-20(23(25)29(28-17)15-19-10-6-3-7-11-19)12-13-22(31)33-16-21(30)27-24(32)26-14-18-8-4-2-5-9-18/h2-13H,14-16H2,1H3,(H2,26,27,30,32)/b13-12+. The molecule has 33 heavy (non-hydrogen) atoms. The minimum absolute atomic E-state index is 0.264. The molecule has 0 aliphatic rings. The molecule has 0 unspecified atom stereocenters. The molecule has 170 valence electrons. The van der Waals surface area contributed by atoms with E-state index in [-0.39, 0.29) is 6.54 Å². The maximum Gasteiger partial charge on any atom is 0.331 e. The smallest absolute Gasteiger partial charge is 0.331 e. The van der Waals surface area contributed by atoms with Gasteiger partial charge < -0.3 is 10.1 Å². The number of carbonyl (C=O) groups excluding carboxylic acids is 3. The second-order valence-electron chi connectivity index (χ2n) is 7.09. The quantitative estimate of drug-likeness (QED) is 0.391. The molecule has 0 aliphatic carbocycles. The molecule has 2 aromatic carbocycles. The molecule has 3 aromatic rings. The molecule has 0 saturated carbocycles. The summed E-state index contributed by atoms with van der Waals surface area (Å²) in [6.07, 6.45) is 2.64. The van der Waals surface area contributed by atoms with Gasteiger partial charge in [0.25, 0.3) is 5.91 Å². The predicted octanol–water partition coefficient (Wildman–Crippen LogP) is 3.48. The first-order chi connectivity index (χ1) is 15.9. The van der Waals surface area contributed by atoms with Crippen molar-refractivity contribution in [2.75, 3.05) is 6.61 Å². The van der Waals surface area contributed by atoms with Crippen LogP contribution in [0.3, 0.4) is 0 Å². The zero-order valence-corrected chi connectivity index (χ0v) is 18.7. The van der Waals surface area contributed by atoms with Crippen molar-refractivity contribution in [3.05, 3.63) is 94.3 Å². The molecule has 1 heterocycles. The number of aryl methyl sites for hydroxylation is 1. The van der Waals surface area contributed by atoms with Gasteiger partial charge in [0.15, 0.2) is 6.61 Å². The Hall–Kier alpha value is -3.91. The zero-order valence-electron chi connectivity index (χ0n) is 18.0. The summed E-state index contributed by atoms with van der Waals surface area (Å²) in [5.74, 6) is -1.49. The minimum Gasteiger partial charge on any atom is -0.452 e. The first kappa shape index (κ1) is 23.7. The molecule has 9 heteroatoms. The number of hydrogen-bond acceptors (Lipinski definition) is 5. The normalized spacial score (nSPS) is 10.7. The van der Waals surface area contributed by atoms with Crippen LogP contribution < -0.4 is 10.6 Å². The van der Waals surface area contributed by atoms with Crippen molar-refractivity contribution in [1.82, 2.24) is 20.4 Å². The lowest BCUT2D eigenvalue weighted by Gasteiger charge is -2.07. The molecule has 0 fully saturated rings. The van der Waals surface area contributed by atoms with Crippen LogP contribution in [0.5, 0.6) is 0 Å².